The number of rotatable bonds is 5. The maximum atomic E-state index is 11.4. The van der Waals surface area contributed by atoms with Crippen LogP contribution in [0.5, 0.6) is 5.88 Å². The zero-order valence-electron chi connectivity index (χ0n) is 9.37. The number of pyridine rings is 1. The van der Waals surface area contributed by atoms with Crippen molar-refractivity contribution in [3.63, 3.8) is 0 Å². The number of alkyl halides is 1. The van der Waals surface area contributed by atoms with Crippen molar-refractivity contribution in [1.82, 2.24) is 4.98 Å². The molecule has 1 heterocycles. The van der Waals surface area contributed by atoms with E-state index >= 15 is 0 Å². The molecule has 0 bridgehead atoms. The normalized spacial score (nSPS) is 10.2. The van der Waals surface area contributed by atoms with Crippen LogP contribution in [0, 0.1) is 0 Å². The minimum absolute atomic E-state index is 0.0126. The summed E-state index contributed by atoms with van der Waals surface area (Å²) >= 11 is 5.48. The smallest absolute Gasteiger partial charge is 0.238 e. The number of amides is 1. The maximum Gasteiger partial charge on any atom is 0.238 e. The van der Waals surface area contributed by atoms with Gasteiger partial charge in [-0.3, -0.25) is 4.79 Å². The molecular formula is C11H15ClN2O2. The Morgan fingerprint density at radius 1 is 1.62 bits per heavy atom. The van der Waals surface area contributed by atoms with Crippen molar-refractivity contribution in [3.8, 4) is 5.88 Å². The highest BCUT2D eigenvalue weighted by Crippen LogP contribution is 2.21. The van der Waals surface area contributed by atoms with Gasteiger partial charge in [-0.15, -0.1) is 11.6 Å². The van der Waals surface area contributed by atoms with E-state index in [1.54, 1.807) is 18.3 Å². The number of aromatic nitrogens is 1. The first kappa shape index (κ1) is 12.8. The fraction of sp³-hybridized carbons (Fsp3) is 0.455. The average molecular weight is 243 g/mol. The molecule has 1 N–H and O–H groups in total. The first-order chi connectivity index (χ1) is 7.63. The Morgan fingerprint density at radius 2 is 2.38 bits per heavy atom. The SMILES string of the molecule is CC(C)Oc1ncccc1NC(=O)CCCl. The molecule has 0 radical (unpaired) electrons. The number of ether oxygens (including phenoxy) is 1. The lowest BCUT2D eigenvalue weighted by atomic mass is 10.3. The largest absolute Gasteiger partial charge is 0.473 e. The molecule has 16 heavy (non-hydrogen) atoms. The quantitative estimate of drug-likeness (QED) is 0.807. The number of nitrogens with one attached hydrogen (secondary N) is 1. The molecule has 0 aliphatic rings. The Hall–Kier alpha value is -1.29. The van der Waals surface area contributed by atoms with E-state index in [1.807, 2.05) is 13.8 Å². The fourth-order valence-electron chi connectivity index (χ4n) is 1.10. The standard InChI is InChI=1S/C11H15ClN2O2/c1-8(2)16-11-9(4-3-7-13-11)14-10(15)5-6-12/h3-4,7-8H,5-6H2,1-2H3,(H,14,15). The van der Waals surface area contributed by atoms with Gasteiger partial charge in [0.15, 0.2) is 0 Å². The van der Waals surface area contributed by atoms with Crippen molar-refractivity contribution in [3.05, 3.63) is 18.3 Å². The summed E-state index contributed by atoms with van der Waals surface area (Å²) in [5.74, 6) is 0.587. The third-order valence-electron chi connectivity index (χ3n) is 1.71. The third-order valence-corrected chi connectivity index (χ3v) is 1.90. The summed E-state index contributed by atoms with van der Waals surface area (Å²) in [6.07, 6.45) is 1.91. The fourth-order valence-corrected chi connectivity index (χ4v) is 1.27. The van der Waals surface area contributed by atoms with Crippen molar-refractivity contribution >= 4 is 23.2 Å². The number of anilines is 1. The van der Waals surface area contributed by atoms with Crippen LogP contribution in [0.25, 0.3) is 0 Å². The molecule has 0 aliphatic heterocycles. The highest BCUT2D eigenvalue weighted by Gasteiger charge is 2.09. The summed E-state index contributed by atoms with van der Waals surface area (Å²) in [5, 5.41) is 2.71. The predicted octanol–water partition coefficient (Wildman–Crippen LogP) is 2.44. The lowest BCUT2D eigenvalue weighted by molar-refractivity contribution is -0.115. The summed E-state index contributed by atoms with van der Waals surface area (Å²) in [6, 6.07) is 3.49. The number of halogens is 1. The van der Waals surface area contributed by atoms with Crippen molar-refractivity contribution in [2.75, 3.05) is 11.2 Å². The maximum absolute atomic E-state index is 11.4. The van der Waals surface area contributed by atoms with Crippen molar-refractivity contribution in [2.45, 2.75) is 26.4 Å². The second kappa shape index (κ2) is 6.33. The molecule has 5 heteroatoms. The molecule has 0 atom stereocenters. The van der Waals surface area contributed by atoms with Crippen LogP contribution < -0.4 is 10.1 Å². The Labute approximate surface area is 100.0 Å². The molecule has 0 fully saturated rings. The first-order valence-electron chi connectivity index (χ1n) is 5.11. The van der Waals surface area contributed by atoms with E-state index in [9.17, 15) is 4.79 Å². The van der Waals surface area contributed by atoms with Crippen LogP contribution in [-0.4, -0.2) is 22.9 Å². The van der Waals surface area contributed by atoms with Gasteiger partial charge in [0, 0.05) is 18.5 Å². The highest BCUT2D eigenvalue weighted by molar-refractivity contribution is 6.19. The number of hydrogen-bond acceptors (Lipinski definition) is 3. The molecule has 0 spiro atoms. The van der Waals surface area contributed by atoms with E-state index in [-0.39, 0.29) is 18.4 Å². The molecule has 0 saturated heterocycles. The van der Waals surface area contributed by atoms with E-state index in [1.165, 1.54) is 0 Å². The van der Waals surface area contributed by atoms with Gasteiger partial charge in [0.05, 0.1) is 6.10 Å². The van der Waals surface area contributed by atoms with Gasteiger partial charge in [0.2, 0.25) is 11.8 Å². The second-order valence-electron chi connectivity index (χ2n) is 3.51. The van der Waals surface area contributed by atoms with Gasteiger partial charge in [0.25, 0.3) is 0 Å². The Morgan fingerprint density at radius 3 is 3.00 bits per heavy atom. The van der Waals surface area contributed by atoms with E-state index in [4.69, 9.17) is 16.3 Å². The van der Waals surface area contributed by atoms with Crippen LogP contribution in [-0.2, 0) is 4.79 Å². The minimum Gasteiger partial charge on any atom is -0.473 e. The number of hydrogen-bond donors (Lipinski definition) is 1. The topological polar surface area (TPSA) is 51.2 Å². The summed E-state index contributed by atoms with van der Waals surface area (Å²) in [5.41, 5.74) is 0.575. The Balaban J connectivity index is 2.74. The lowest BCUT2D eigenvalue weighted by Crippen LogP contribution is -2.15. The van der Waals surface area contributed by atoms with Crippen LogP contribution in [0.15, 0.2) is 18.3 Å². The molecule has 0 aromatic carbocycles. The van der Waals surface area contributed by atoms with E-state index in [0.29, 0.717) is 17.4 Å². The zero-order chi connectivity index (χ0) is 12.0. The van der Waals surface area contributed by atoms with Gasteiger partial charge in [-0.25, -0.2) is 4.98 Å². The molecular weight excluding hydrogens is 228 g/mol. The van der Waals surface area contributed by atoms with Crippen LogP contribution in [0.1, 0.15) is 20.3 Å². The molecule has 4 nitrogen and oxygen atoms in total. The highest BCUT2D eigenvalue weighted by atomic mass is 35.5. The van der Waals surface area contributed by atoms with Crippen molar-refractivity contribution < 1.29 is 9.53 Å². The van der Waals surface area contributed by atoms with Gasteiger partial charge < -0.3 is 10.1 Å². The second-order valence-corrected chi connectivity index (χ2v) is 3.89. The van der Waals surface area contributed by atoms with Gasteiger partial charge in [0.1, 0.15) is 5.69 Å². The number of carbonyl (C=O) groups excluding carboxylic acids is 1. The molecule has 88 valence electrons. The molecule has 1 aromatic heterocycles. The van der Waals surface area contributed by atoms with Gasteiger partial charge in [-0.2, -0.15) is 0 Å². The van der Waals surface area contributed by atoms with Gasteiger partial charge in [-0.1, -0.05) is 0 Å². The van der Waals surface area contributed by atoms with E-state index in [0.717, 1.165) is 0 Å². The minimum atomic E-state index is -0.142. The Bertz CT molecular complexity index is 356. The summed E-state index contributed by atoms with van der Waals surface area (Å²) < 4.78 is 5.47. The van der Waals surface area contributed by atoms with Crippen LogP contribution >= 0.6 is 11.6 Å². The summed E-state index contributed by atoms with van der Waals surface area (Å²) in [4.78, 5) is 15.4. The van der Waals surface area contributed by atoms with Crippen molar-refractivity contribution in [2.24, 2.45) is 0 Å². The average Bonchev–Trinajstić information content (AvgIpc) is 2.20. The van der Waals surface area contributed by atoms with Crippen LogP contribution in [0.3, 0.4) is 0 Å². The number of carbonyl (C=O) groups is 1. The van der Waals surface area contributed by atoms with Gasteiger partial charge in [-0.05, 0) is 26.0 Å². The summed E-state index contributed by atoms with van der Waals surface area (Å²) in [7, 11) is 0. The first-order valence-corrected chi connectivity index (χ1v) is 5.64. The zero-order valence-corrected chi connectivity index (χ0v) is 10.1. The van der Waals surface area contributed by atoms with E-state index in [2.05, 4.69) is 10.3 Å². The third kappa shape index (κ3) is 4.06. The van der Waals surface area contributed by atoms with Crippen LogP contribution in [0.4, 0.5) is 5.69 Å². The number of nitrogens with zero attached hydrogens (tertiary/aromatic N) is 1. The lowest BCUT2D eigenvalue weighted by Gasteiger charge is -2.13. The monoisotopic (exact) mass is 242 g/mol. The molecule has 1 aromatic rings. The van der Waals surface area contributed by atoms with Crippen LogP contribution in [0.2, 0.25) is 0 Å². The molecule has 1 rings (SSSR count). The summed E-state index contributed by atoms with van der Waals surface area (Å²) in [6.45, 7) is 3.80. The molecule has 1 amide bonds. The predicted molar refractivity (Wildman–Crippen MR) is 64.0 cm³/mol. The molecule has 0 unspecified atom stereocenters. The Kier molecular flexibility index (Phi) is 5.05. The van der Waals surface area contributed by atoms with Crippen molar-refractivity contribution in [1.29, 1.82) is 0 Å². The van der Waals surface area contributed by atoms with Gasteiger partial charge >= 0.3 is 0 Å². The van der Waals surface area contributed by atoms with E-state index < -0.39 is 0 Å². The molecule has 0 aliphatic carbocycles. The molecule has 0 saturated carbocycles.